The number of aliphatic hydroxyl groups is 1. The van der Waals surface area contributed by atoms with E-state index in [2.05, 4.69) is 76.8 Å². The number of fused-ring (bicyclic) bond motifs is 5. The van der Waals surface area contributed by atoms with Gasteiger partial charge in [-0.3, -0.25) is 0 Å². The van der Waals surface area contributed by atoms with Crippen molar-refractivity contribution < 1.29 is 5.11 Å². The minimum Gasteiger partial charge on any atom is -0.393 e. The summed E-state index contributed by atoms with van der Waals surface area (Å²) in [6.07, 6.45) is 13.7. The summed E-state index contributed by atoms with van der Waals surface area (Å²) in [4.78, 5) is 0. The van der Waals surface area contributed by atoms with Gasteiger partial charge in [0.1, 0.15) is 0 Å². The quantitative estimate of drug-likeness (QED) is 0.412. The van der Waals surface area contributed by atoms with Gasteiger partial charge < -0.3 is 5.11 Å². The van der Waals surface area contributed by atoms with Crippen molar-refractivity contribution in [2.75, 3.05) is 0 Å². The van der Waals surface area contributed by atoms with Gasteiger partial charge in [0.25, 0.3) is 0 Å². The molecule has 0 heterocycles. The molecule has 1 N–H and O–H groups in total. The van der Waals surface area contributed by atoms with Crippen LogP contribution in [0.2, 0.25) is 0 Å². The van der Waals surface area contributed by atoms with Crippen molar-refractivity contribution in [2.45, 2.75) is 111 Å². The Morgan fingerprint density at radius 2 is 1.67 bits per heavy atom. The van der Waals surface area contributed by atoms with Crippen LogP contribution in [0.5, 0.6) is 0 Å². The van der Waals surface area contributed by atoms with Crippen LogP contribution in [0.4, 0.5) is 0 Å². The highest BCUT2D eigenvalue weighted by molar-refractivity contribution is 5.46. The molecule has 5 rings (SSSR count). The third kappa shape index (κ3) is 4.73. The molecule has 3 saturated carbocycles. The van der Waals surface area contributed by atoms with E-state index in [9.17, 15) is 5.11 Å². The number of allylic oxidation sites excluding steroid dienone is 1. The second-order valence-electron chi connectivity index (χ2n) is 14.0. The van der Waals surface area contributed by atoms with Crippen molar-refractivity contribution in [1.82, 2.24) is 0 Å². The Morgan fingerprint density at radius 1 is 0.889 bits per heavy atom. The van der Waals surface area contributed by atoms with Gasteiger partial charge in [0.05, 0.1) is 6.10 Å². The zero-order valence-corrected chi connectivity index (χ0v) is 23.7. The third-order valence-electron chi connectivity index (χ3n) is 11.5. The Bertz CT molecular complexity index is 1010. The number of hydrogen-bond donors (Lipinski definition) is 1. The fourth-order valence-electron chi connectivity index (χ4n) is 9.61. The van der Waals surface area contributed by atoms with Crippen LogP contribution in [0.3, 0.4) is 0 Å². The summed E-state index contributed by atoms with van der Waals surface area (Å²) in [5.74, 6) is 12.2. The number of rotatable bonds is 5. The topological polar surface area (TPSA) is 20.2 Å². The molecule has 0 aromatic heterocycles. The van der Waals surface area contributed by atoms with Crippen molar-refractivity contribution in [3.05, 3.63) is 47.0 Å². The first kappa shape index (κ1) is 26.1. The lowest BCUT2D eigenvalue weighted by Gasteiger charge is -2.59. The van der Waals surface area contributed by atoms with Crippen molar-refractivity contribution in [2.24, 2.45) is 46.3 Å². The molecule has 1 heteroatoms. The predicted molar refractivity (Wildman–Crippen MR) is 151 cm³/mol. The molecule has 8 atom stereocenters. The van der Waals surface area contributed by atoms with Crippen LogP contribution >= 0.6 is 0 Å². The van der Waals surface area contributed by atoms with Crippen molar-refractivity contribution in [1.29, 1.82) is 0 Å². The Balaban J connectivity index is 1.43. The van der Waals surface area contributed by atoms with Crippen LogP contribution in [-0.4, -0.2) is 11.2 Å². The number of aliphatic hydroxyl groups excluding tert-OH is 1. The maximum atomic E-state index is 10.7. The lowest BCUT2D eigenvalue weighted by atomic mass is 9.46. The molecule has 0 spiro atoms. The Kier molecular flexibility index (Phi) is 7.49. The van der Waals surface area contributed by atoms with Gasteiger partial charge in [-0.25, -0.2) is 0 Å². The molecule has 0 radical (unpaired) electrons. The van der Waals surface area contributed by atoms with Gasteiger partial charge in [0.15, 0.2) is 0 Å². The third-order valence-corrected chi connectivity index (χ3v) is 11.5. The molecule has 36 heavy (non-hydrogen) atoms. The highest BCUT2D eigenvalue weighted by atomic mass is 16.3. The summed E-state index contributed by atoms with van der Waals surface area (Å²) in [7, 11) is 0. The summed E-state index contributed by atoms with van der Waals surface area (Å²) in [6.45, 7) is 12.6. The standard InChI is InChI=1S/C35H50O/c1-24(2)10-9-11-25(3)30-16-17-31-29-22-27(15-14-26-12-7-6-8-13-26)33-23-28(36)18-20-35(33,5)32(29)19-21-34(30,31)4/h6-8,12-13,24-25,28-32,36H,9-11,16-23H2,1-5H3. The van der Waals surface area contributed by atoms with Crippen LogP contribution in [0, 0.1) is 58.2 Å². The van der Waals surface area contributed by atoms with Crippen LogP contribution in [0.25, 0.3) is 0 Å². The van der Waals surface area contributed by atoms with Crippen LogP contribution in [0.1, 0.15) is 111 Å². The molecule has 0 amide bonds. The predicted octanol–water partition coefficient (Wildman–Crippen LogP) is 8.81. The normalized spacial score (nSPS) is 38.6. The van der Waals surface area contributed by atoms with Gasteiger partial charge in [0, 0.05) is 11.1 Å². The molecule has 3 fully saturated rings. The minimum atomic E-state index is -0.186. The smallest absolute Gasteiger partial charge is 0.0578 e. The summed E-state index contributed by atoms with van der Waals surface area (Å²) >= 11 is 0. The summed E-state index contributed by atoms with van der Waals surface area (Å²) in [5.41, 5.74) is 4.74. The van der Waals surface area contributed by atoms with E-state index in [4.69, 9.17) is 0 Å². The van der Waals surface area contributed by atoms with E-state index in [0.29, 0.717) is 5.41 Å². The zero-order valence-electron chi connectivity index (χ0n) is 23.7. The Hall–Kier alpha value is -1.52. The second-order valence-corrected chi connectivity index (χ2v) is 14.0. The first-order valence-corrected chi connectivity index (χ1v) is 15.2. The van der Waals surface area contributed by atoms with E-state index < -0.39 is 0 Å². The minimum absolute atomic E-state index is 0.186. The maximum absolute atomic E-state index is 10.7. The number of benzene rings is 1. The lowest BCUT2D eigenvalue weighted by Crippen LogP contribution is -2.51. The molecule has 4 aliphatic rings. The Morgan fingerprint density at radius 3 is 2.42 bits per heavy atom. The van der Waals surface area contributed by atoms with Crippen LogP contribution < -0.4 is 0 Å². The first-order chi connectivity index (χ1) is 17.2. The average Bonchev–Trinajstić information content (AvgIpc) is 3.21. The molecule has 0 aliphatic heterocycles. The molecule has 1 aromatic carbocycles. The van der Waals surface area contributed by atoms with Crippen molar-refractivity contribution >= 4 is 0 Å². The summed E-state index contributed by atoms with van der Waals surface area (Å²) < 4.78 is 0. The van der Waals surface area contributed by atoms with Crippen molar-refractivity contribution in [3.63, 3.8) is 0 Å². The van der Waals surface area contributed by atoms with Crippen molar-refractivity contribution in [3.8, 4) is 11.8 Å². The molecule has 1 nitrogen and oxygen atoms in total. The van der Waals surface area contributed by atoms with E-state index in [0.717, 1.165) is 66.8 Å². The molecule has 1 aromatic rings. The largest absolute Gasteiger partial charge is 0.393 e. The monoisotopic (exact) mass is 486 g/mol. The lowest BCUT2D eigenvalue weighted by molar-refractivity contribution is -0.0587. The van der Waals surface area contributed by atoms with Crippen LogP contribution in [0.15, 0.2) is 41.5 Å². The summed E-state index contributed by atoms with van der Waals surface area (Å²) in [5, 5.41) is 10.7. The molecule has 4 aliphatic carbocycles. The van der Waals surface area contributed by atoms with E-state index >= 15 is 0 Å². The molecular formula is C35H50O. The second kappa shape index (κ2) is 10.3. The highest BCUT2D eigenvalue weighted by Crippen LogP contribution is 2.68. The van der Waals surface area contributed by atoms with Gasteiger partial charge in [0.2, 0.25) is 0 Å². The fourth-order valence-corrected chi connectivity index (χ4v) is 9.61. The maximum Gasteiger partial charge on any atom is 0.0578 e. The summed E-state index contributed by atoms with van der Waals surface area (Å²) in [6, 6.07) is 10.5. The Labute approximate surface area is 221 Å². The van der Waals surface area contributed by atoms with Crippen LogP contribution in [-0.2, 0) is 0 Å². The van der Waals surface area contributed by atoms with Gasteiger partial charge in [-0.1, -0.05) is 83.9 Å². The molecule has 8 unspecified atom stereocenters. The average molecular weight is 487 g/mol. The molecule has 0 saturated heterocycles. The zero-order chi connectivity index (χ0) is 25.5. The fraction of sp³-hybridized carbons (Fsp3) is 0.714. The molecule has 0 bridgehead atoms. The molecule has 196 valence electrons. The van der Waals surface area contributed by atoms with Gasteiger partial charge in [-0.2, -0.15) is 0 Å². The van der Waals surface area contributed by atoms with Gasteiger partial charge in [-0.05, 0) is 115 Å². The highest BCUT2D eigenvalue weighted by Gasteiger charge is 2.60. The number of hydrogen-bond acceptors (Lipinski definition) is 1. The first-order valence-electron chi connectivity index (χ1n) is 15.2. The van der Waals surface area contributed by atoms with E-state index in [-0.39, 0.29) is 11.5 Å². The molecular weight excluding hydrogens is 436 g/mol. The SMILES string of the molecule is CC(C)CCCC(C)C1CCC2C3CC(C#Cc4ccccc4)=C4CC(O)CCC4(C)C3CCC12C. The van der Waals surface area contributed by atoms with Gasteiger partial charge >= 0.3 is 0 Å². The van der Waals surface area contributed by atoms with Gasteiger partial charge in [-0.15, -0.1) is 0 Å². The van der Waals surface area contributed by atoms with E-state index in [1.54, 1.807) is 0 Å². The van der Waals surface area contributed by atoms with E-state index in [1.165, 1.54) is 56.1 Å². The van der Waals surface area contributed by atoms with E-state index in [1.807, 2.05) is 0 Å².